The van der Waals surface area contributed by atoms with Crippen LogP contribution < -0.4 is 5.32 Å². The van der Waals surface area contributed by atoms with Gasteiger partial charge < -0.3 is 5.32 Å². The van der Waals surface area contributed by atoms with Crippen LogP contribution in [-0.4, -0.2) is 36.6 Å². The first-order chi connectivity index (χ1) is 9.17. The van der Waals surface area contributed by atoms with E-state index in [0.29, 0.717) is 0 Å². The van der Waals surface area contributed by atoms with E-state index in [9.17, 15) is 0 Å². The topological polar surface area (TPSA) is 15.3 Å². The summed E-state index contributed by atoms with van der Waals surface area (Å²) in [4.78, 5) is 2.74. The van der Waals surface area contributed by atoms with Gasteiger partial charge in [-0.15, -0.1) is 0 Å². The van der Waals surface area contributed by atoms with Gasteiger partial charge in [-0.25, -0.2) is 0 Å². The lowest BCUT2D eigenvalue weighted by molar-refractivity contribution is 0.122. The van der Waals surface area contributed by atoms with Gasteiger partial charge >= 0.3 is 0 Å². The molecule has 1 N–H and O–H groups in total. The molecule has 2 heteroatoms. The smallest absolute Gasteiger partial charge is 0.0218 e. The summed E-state index contributed by atoms with van der Waals surface area (Å²) in [6.45, 7) is 13.1. The molecule has 0 bridgehead atoms. The number of hydrogen-bond donors (Lipinski definition) is 1. The number of rotatable bonds is 9. The third kappa shape index (κ3) is 6.76. The van der Waals surface area contributed by atoms with Crippen LogP contribution in [0, 0.1) is 5.92 Å². The van der Waals surface area contributed by atoms with E-state index in [4.69, 9.17) is 0 Å². The first-order valence-electron chi connectivity index (χ1n) is 8.64. The fraction of sp³-hybridized carbons (Fsp3) is 1.00. The van der Waals surface area contributed by atoms with Gasteiger partial charge in [0.1, 0.15) is 0 Å². The summed E-state index contributed by atoms with van der Waals surface area (Å²) >= 11 is 0. The third-order valence-electron chi connectivity index (χ3n) is 4.55. The molecule has 0 saturated carbocycles. The molecule has 1 aliphatic rings. The van der Waals surface area contributed by atoms with Gasteiger partial charge in [0.2, 0.25) is 0 Å². The van der Waals surface area contributed by atoms with Crippen molar-refractivity contribution in [3.63, 3.8) is 0 Å². The SMILES string of the molecule is CCC1CN(CCCCCCC(C)C)C(CC)CN1. The molecule has 0 aromatic heterocycles. The second kappa shape index (κ2) is 9.77. The summed E-state index contributed by atoms with van der Waals surface area (Å²) in [7, 11) is 0. The van der Waals surface area contributed by atoms with Gasteiger partial charge in [0.05, 0.1) is 0 Å². The minimum Gasteiger partial charge on any atom is -0.311 e. The van der Waals surface area contributed by atoms with Crippen molar-refractivity contribution in [2.45, 2.75) is 84.7 Å². The molecule has 19 heavy (non-hydrogen) atoms. The van der Waals surface area contributed by atoms with Crippen LogP contribution in [-0.2, 0) is 0 Å². The summed E-state index contributed by atoms with van der Waals surface area (Å²) in [5, 5.41) is 3.68. The Morgan fingerprint density at radius 3 is 2.42 bits per heavy atom. The van der Waals surface area contributed by atoms with Crippen LogP contribution in [0.15, 0.2) is 0 Å². The van der Waals surface area contributed by atoms with Crippen LogP contribution in [0.4, 0.5) is 0 Å². The minimum atomic E-state index is 0.726. The Hall–Kier alpha value is -0.0800. The maximum Gasteiger partial charge on any atom is 0.0218 e. The van der Waals surface area contributed by atoms with Crippen LogP contribution >= 0.6 is 0 Å². The molecule has 0 spiro atoms. The lowest BCUT2D eigenvalue weighted by Crippen LogP contribution is -2.56. The molecule has 2 nitrogen and oxygen atoms in total. The average molecular weight is 268 g/mol. The highest BCUT2D eigenvalue weighted by Crippen LogP contribution is 2.15. The van der Waals surface area contributed by atoms with E-state index in [-0.39, 0.29) is 0 Å². The van der Waals surface area contributed by atoms with E-state index < -0.39 is 0 Å². The molecule has 0 aliphatic carbocycles. The Labute approximate surface area is 121 Å². The third-order valence-corrected chi connectivity index (χ3v) is 4.55. The van der Waals surface area contributed by atoms with E-state index >= 15 is 0 Å². The van der Waals surface area contributed by atoms with E-state index in [1.54, 1.807) is 0 Å². The first kappa shape index (κ1) is 17.0. The molecule has 114 valence electrons. The van der Waals surface area contributed by atoms with Crippen LogP contribution in [0.3, 0.4) is 0 Å². The molecule has 2 atom stereocenters. The maximum atomic E-state index is 3.68. The van der Waals surface area contributed by atoms with Crippen molar-refractivity contribution in [1.82, 2.24) is 10.2 Å². The number of nitrogens with zero attached hydrogens (tertiary/aromatic N) is 1. The van der Waals surface area contributed by atoms with Crippen molar-refractivity contribution in [2.75, 3.05) is 19.6 Å². The molecule has 0 aromatic carbocycles. The van der Waals surface area contributed by atoms with Gasteiger partial charge in [-0.2, -0.15) is 0 Å². The summed E-state index contributed by atoms with van der Waals surface area (Å²) < 4.78 is 0. The normalized spacial score (nSPS) is 25.1. The van der Waals surface area contributed by atoms with E-state index in [1.165, 1.54) is 64.6 Å². The molecule has 1 aliphatic heterocycles. The quantitative estimate of drug-likeness (QED) is 0.635. The fourth-order valence-electron chi connectivity index (χ4n) is 3.10. The molecule has 1 rings (SSSR count). The summed E-state index contributed by atoms with van der Waals surface area (Å²) in [5.41, 5.74) is 0. The summed E-state index contributed by atoms with van der Waals surface area (Å²) in [6.07, 6.45) is 9.63. The van der Waals surface area contributed by atoms with Crippen LogP contribution in [0.25, 0.3) is 0 Å². The Balaban J connectivity index is 2.14. The predicted octanol–water partition coefficient (Wildman–Crippen LogP) is 4.06. The lowest BCUT2D eigenvalue weighted by Gasteiger charge is -2.40. The van der Waals surface area contributed by atoms with Crippen molar-refractivity contribution in [2.24, 2.45) is 5.92 Å². The maximum absolute atomic E-state index is 3.68. The molecular formula is C17H36N2. The molecule has 0 amide bonds. The van der Waals surface area contributed by atoms with Crippen LogP contribution in [0.2, 0.25) is 0 Å². The predicted molar refractivity (Wildman–Crippen MR) is 85.7 cm³/mol. The second-order valence-electron chi connectivity index (χ2n) is 6.67. The number of nitrogens with one attached hydrogen (secondary N) is 1. The highest BCUT2D eigenvalue weighted by Gasteiger charge is 2.24. The zero-order valence-corrected chi connectivity index (χ0v) is 13.8. The van der Waals surface area contributed by atoms with E-state index in [2.05, 4.69) is 37.9 Å². The monoisotopic (exact) mass is 268 g/mol. The average Bonchev–Trinajstić information content (AvgIpc) is 2.42. The fourth-order valence-corrected chi connectivity index (χ4v) is 3.10. The van der Waals surface area contributed by atoms with Crippen molar-refractivity contribution in [3.8, 4) is 0 Å². The molecule has 1 saturated heterocycles. The highest BCUT2D eigenvalue weighted by atomic mass is 15.2. The Morgan fingerprint density at radius 1 is 1.05 bits per heavy atom. The molecule has 1 heterocycles. The molecular weight excluding hydrogens is 232 g/mol. The highest BCUT2D eigenvalue weighted by molar-refractivity contribution is 4.84. The largest absolute Gasteiger partial charge is 0.311 e. The molecule has 0 aromatic rings. The van der Waals surface area contributed by atoms with E-state index in [1.807, 2.05) is 0 Å². The standard InChI is InChI=1S/C17H36N2/c1-5-16-14-19(17(6-2)13-18-16)12-10-8-7-9-11-15(3)4/h15-18H,5-14H2,1-4H3. The van der Waals surface area contributed by atoms with Crippen molar-refractivity contribution in [3.05, 3.63) is 0 Å². The summed E-state index contributed by atoms with van der Waals surface area (Å²) in [6, 6.07) is 1.50. The first-order valence-corrected chi connectivity index (χ1v) is 8.64. The Bertz CT molecular complexity index is 215. The molecule has 1 fully saturated rings. The van der Waals surface area contributed by atoms with Crippen molar-refractivity contribution in [1.29, 1.82) is 0 Å². The summed E-state index contributed by atoms with van der Waals surface area (Å²) in [5.74, 6) is 0.878. The molecule has 2 unspecified atom stereocenters. The zero-order chi connectivity index (χ0) is 14.1. The van der Waals surface area contributed by atoms with Crippen molar-refractivity contribution >= 4 is 0 Å². The Morgan fingerprint density at radius 2 is 1.79 bits per heavy atom. The zero-order valence-electron chi connectivity index (χ0n) is 13.8. The van der Waals surface area contributed by atoms with E-state index in [0.717, 1.165) is 18.0 Å². The lowest BCUT2D eigenvalue weighted by atomic mass is 10.0. The second-order valence-corrected chi connectivity index (χ2v) is 6.67. The van der Waals surface area contributed by atoms with Gasteiger partial charge in [-0.1, -0.05) is 53.4 Å². The Kier molecular flexibility index (Phi) is 8.72. The van der Waals surface area contributed by atoms with Gasteiger partial charge in [0.15, 0.2) is 0 Å². The van der Waals surface area contributed by atoms with Gasteiger partial charge in [0, 0.05) is 25.2 Å². The number of piperazine rings is 1. The van der Waals surface area contributed by atoms with Gasteiger partial charge in [-0.3, -0.25) is 4.90 Å². The minimum absolute atomic E-state index is 0.726. The number of unbranched alkanes of at least 4 members (excludes halogenated alkanes) is 3. The van der Waals surface area contributed by atoms with Crippen LogP contribution in [0.5, 0.6) is 0 Å². The van der Waals surface area contributed by atoms with Gasteiger partial charge in [-0.05, 0) is 31.7 Å². The van der Waals surface area contributed by atoms with Crippen molar-refractivity contribution < 1.29 is 0 Å². The van der Waals surface area contributed by atoms with Crippen LogP contribution in [0.1, 0.15) is 72.6 Å². The van der Waals surface area contributed by atoms with Gasteiger partial charge in [0.25, 0.3) is 0 Å². The molecule has 0 radical (unpaired) electrons. The number of hydrogen-bond acceptors (Lipinski definition) is 2.